The lowest BCUT2D eigenvalue weighted by molar-refractivity contribution is 0.0595. The van der Waals surface area contributed by atoms with Gasteiger partial charge in [0, 0.05) is 45.3 Å². The fourth-order valence-corrected chi connectivity index (χ4v) is 3.07. The Balaban J connectivity index is 1.57. The molecule has 1 fully saturated rings. The summed E-state index contributed by atoms with van der Waals surface area (Å²) in [5, 5.41) is 3.34. The van der Waals surface area contributed by atoms with Gasteiger partial charge < -0.3 is 19.5 Å². The first-order valence-corrected chi connectivity index (χ1v) is 9.20. The third-order valence-electron chi connectivity index (χ3n) is 4.76. The summed E-state index contributed by atoms with van der Waals surface area (Å²) in [6.45, 7) is 5.60. The molecule has 140 valence electrons. The van der Waals surface area contributed by atoms with Crippen molar-refractivity contribution in [3.63, 3.8) is 0 Å². The second-order valence-electron chi connectivity index (χ2n) is 6.67. The van der Waals surface area contributed by atoms with Crippen molar-refractivity contribution in [2.75, 3.05) is 31.6 Å². The second kappa shape index (κ2) is 8.80. The zero-order valence-electron chi connectivity index (χ0n) is 15.5. The molecule has 0 saturated carbocycles. The van der Waals surface area contributed by atoms with E-state index in [1.165, 1.54) is 6.42 Å². The van der Waals surface area contributed by atoms with Crippen molar-refractivity contribution in [1.82, 2.24) is 19.4 Å². The number of carbonyl (C=O) groups excluding carboxylic acids is 1. The number of nitrogens with zero attached hydrogens (tertiary/aromatic N) is 4. The topological polar surface area (TPSA) is 72.3 Å². The normalized spacial score (nSPS) is 17.1. The van der Waals surface area contributed by atoms with Gasteiger partial charge in [0.05, 0.1) is 18.7 Å². The Kier molecular flexibility index (Phi) is 6.22. The Labute approximate surface area is 154 Å². The van der Waals surface area contributed by atoms with Gasteiger partial charge in [-0.15, -0.1) is 0 Å². The van der Waals surface area contributed by atoms with Crippen molar-refractivity contribution < 1.29 is 9.53 Å². The molecule has 3 heterocycles. The highest BCUT2D eigenvalue weighted by atomic mass is 16.5. The summed E-state index contributed by atoms with van der Waals surface area (Å²) in [6, 6.07) is 3.70. The van der Waals surface area contributed by atoms with Gasteiger partial charge in [0.15, 0.2) is 0 Å². The zero-order valence-corrected chi connectivity index (χ0v) is 15.5. The SMILES string of the molecule is CCN(Cc1nccn1C)C(=O)c1ccc(NCC2CCCOC2)nc1. The summed E-state index contributed by atoms with van der Waals surface area (Å²) in [5.41, 5.74) is 0.590. The van der Waals surface area contributed by atoms with Gasteiger partial charge in [-0.1, -0.05) is 0 Å². The number of amides is 1. The van der Waals surface area contributed by atoms with E-state index < -0.39 is 0 Å². The number of nitrogens with one attached hydrogen (secondary N) is 1. The van der Waals surface area contributed by atoms with E-state index in [1.54, 1.807) is 17.3 Å². The molecule has 2 aromatic rings. The van der Waals surface area contributed by atoms with Crippen molar-refractivity contribution in [3.05, 3.63) is 42.1 Å². The summed E-state index contributed by atoms with van der Waals surface area (Å²) >= 11 is 0. The Hall–Kier alpha value is -2.41. The van der Waals surface area contributed by atoms with E-state index in [9.17, 15) is 4.79 Å². The largest absolute Gasteiger partial charge is 0.381 e. The standard InChI is InChI=1S/C19H27N5O2/c1-3-24(13-18-20-8-9-23(18)2)19(25)16-6-7-17(22-12-16)21-11-15-5-4-10-26-14-15/h6-9,12,15H,3-5,10-11,13-14H2,1-2H3,(H,21,22). The third kappa shape index (κ3) is 4.60. The molecule has 1 aliphatic rings. The first kappa shape index (κ1) is 18.4. The van der Waals surface area contributed by atoms with Gasteiger partial charge in [0.1, 0.15) is 11.6 Å². The van der Waals surface area contributed by atoms with Crippen LogP contribution in [0.1, 0.15) is 35.9 Å². The monoisotopic (exact) mass is 357 g/mol. The number of rotatable bonds is 7. The number of ether oxygens (including phenoxy) is 1. The summed E-state index contributed by atoms with van der Waals surface area (Å²) in [5.74, 6) is 2.15. The van der Waals surface area contributed by atoms with Crippen LogP contribution in [0.2, 0.25) is 0 Å². The van der Waals surface area contributed by atoms with Gasteiger partial charge in [-0.05, 0) is 37.8 Å². The molecule has 1 amide bonds. The lowest BCUT2D eigenvalue weighted by Crippen LogP contribution is -2.31. The van der Waals surface area contributed by atoms with Crippen molar-refractivity contribution >= 4 is 11.7 Å². The number of anilines is 1. The molecule has 1 atom stereocenters. The predicted molar refractivity (Wildman–Crippen MR) is 99.9 cm³/mol. The molecular formula is C19H27N5O2. The number of carbonyl (C=O) groups is 1. The van der Waals surface area contributed by atoms with Crippen molar-refractivity contribution in [2.45, 2.75) is 26.3 Å². The number of hydrogen-bond acceptors (Lipinski definition) is 5. The van der Waals surface area contributed by atoms with Gasteiger partial charge in [-0.3, -0.25) is 4.79 Å². The van der Waals surface area contributed by atoms with Crippen molar-refractivity contribution in [2.24, 2.45) is 13.0 Å². The van der Waals surface area contributed by atoms with Crippen LogP contribution in [0.5, 0.6) is 0 Å². The molecule has 0 radical (unpaired) electrons. The Morgan fingerprint density at radius 3 is 2.92 bits per heavy atom. The minimum Gasteiger partial charge on any atom is -0.381 e. The van der Waals surface area contributed by atoms with Crippen LogP contribution < -0.4 is 5.32 Å². The highest BCUT2D eigenvalue weighted by Gasteiger charge is 2.17. The highest BCUT2D eigenvalue weighted by molar-refractivity contribution is 5.94. The van der Waals surface area contributed by atoms with E-state index in [4.69, 9.17) is 4.74 Å². The Bertz CT molecular complexity index is 707. The van der Waals surface area contributed by atoms with Crippen LogP contribution in [0.4, 0.5) is 5.82 Å². The molecular weight excluding hydrogens is 330 g/mol. The molecule has 26 heavy (non-hydrogen) atoms. The molecule has 0 aromatic carbocycles. The molecule has 3 rings (SSSR count). The van der Waals surface area contributed by atoms with Gasteiger partial charge in [-0.25, -0.2) is 9.97 Å². The maximum absolute atomic E-state index is 12.7. The molecule has 0 aliphatic carbocycles. The van der Waals surface area contributed by atoms with Crippen LogP contribution in [0, 0.1) is 5.92 Å². The summed E-state index contributed by atoms with van der Waals surface area (Å²) < 4.78 is 7.42. The van der Waals surface area contributed by atoms with Gasteiger partial charge >= 0.3 is 0 Å². The molecule has 2 aromatic heterocycles. The fourth-order valence-electron chi connectivity index (χ4n) is 3.07. The zero-order chi connectivity index (χ0) is 18.4. The van der Waals surface area contributed by atoms with Crippen LogP contribution in [0.25, 0.3) is 0 Å². The van der Waals surface area contributed by atoms with E-state index in [0.29, 0.717) is 24.6 Å². The minimum atomic E-state index is -0.0322. The average molecular weight is 357 g/mol. The highest BCUT2D eigenvalue weighted by Crippen LogP contribution is 2.15. The number of pyridine rings is 1. The fraction of sp³-hybridized carbons (Fsp3) is 0.526. The van der Waals surface area contributed by atoms with E-state index in [0.717, 1.165) is 37.8 Å². The molecule has 7 nitrogen and oxygen atoms in total. The van der Waals surface area contributed by atoms with Crippen LogP contribution >= 0.6 is 0 Å². The van der Waals surface area contributed by atoms with E-state index >= 15 is 0 Å². The first-order chi connectivity index (χ1) is 12.7. The summed E-state index contributed by atoms with van der Waals surface area (Å²) in [7, 11) is 1.93. The molecule has 1 aliphatic heterocycles. The number of aromatic nitrogens is 3. The maximum atomic E-state index is 12.7. The van der Waals surface area contributed by atoms with E-state index in [2.05, 4.69) is 15.3 Å². The quantitative estimate of drug-likeness (QED) is 0.823. The van der Waals surface area contributed by atoms with Gasteiger partial charge in [0.2, 0.25) is 0 Å². The van der Waals surface area contributed by atoms with E-state index in [1.807, 2.05) is 36.9 Å². The third-order valence-corrected chi connectivity index (χ3v) is 4.76. The van der Waals surface area contributed by atoms with Gasteiger partial charge in [-0.2, -0.15) is 0 Å². The second-order valence-corrected chi connectivity index (χ2v) is 6.67. The summed E-state index contributed by atoms with van der Waals surface area (Å²) in [6.07, 6.45) is 7.57. The molecule has 0 spiro atoms. The van der Waals surface area contributed by atoms with Crippen molar-refractivity contribution in [1.29, 1.82) is 0 Å². The van der Waals surface area contributed by atoms with Crippen LogP contribution in [-0.2, 0) is 18.3 Å². The van der Waals surface area contributed by atoms with Crippen LogP contribution in [-0.4, -0.2) is 51.6 Å². The summed E-state index contributed by atoms with van der Waals surface area (Å²) in [4.78, 5) is 23.2. The first-order valence-electron chi connectivity index (χ1n) is 9.20. The molecule has 1 unspecified atom stereocenters. The Morgan fingerprint density at radius 1 is 1.42 bits per heavy atom. The number of imidazole rings is 1. The van der Waals surface area contributed by atoms with Crippen LogP contribution in [0.15, 0.2) is 30.7 Å². The average Bonchev–Trinajstić information content (AvgIpc) is 3.09. The van der Waals surface area contributed by atoms with Gasteiger partial charge in [0.25, 0.3) is 5.91 Å². The lowest BCUT2D eigenvalue weighted by Gasteiger charge is -2.22. The smallest absolute Gasteiger partial charge is 0.255 e. The molecule has 0 bridgehead atoms. The Morgan fingerprint density at radius 2 is 2.31 bits per heavy atom. The molecule has 7 heteroatoms. The molecule has 1 saturated heterocycles. The number of aryl methyl sites for hydroxylation is 1. The maximum Gasteiger partial charge on any atom is 0.255 e. The minimum absolute atomic E-state index is 0.0322. The predicted octanol–water partition coefficient (Wildman–Crippen LogP) is 2.32. The van der Waals surface area contributed by atoms with Crippen molar-refractivity contribution in [3.8, 4) is 0 Å². The molecule has 1 N–H and O–H groups in total. The van der Waals surface area contributed by atoms with E-state index in [-0.39, 0.29) is 5.91 Å². The lowest BCUT2D eigenvalue weighted by atomic mass is 10.0. The van der Waals surface area contributed by atoms with Crippen LogP contribution in [0.3, 0.4) is 0 Å². The number of hydrogen-bond donors (Lipinski definition) is 1.